The number of hydrogen-bond donors (Lipinski definition) is 0. The van der Waals surface area contributed by atoms with Gasteiger partial charge in [-0.2, -0.15) is 0 Å². The molecule has 0 aromatic carbocycles. The number of rotatable bonds is 6. The lowest BCUT2D eigenvalue weighted by atomic mass is 9.80. The highest BCUT2D eigenvalue weighted by molar-refractivity contribution is 9.09. The Morgan fingerprint density at radius 1 is 1.57 bits per heavy atom. The summed E-state index contributed by atoms with van der Waals surface area (Å²) in [5, 5.41) is 0.812. The predicted molar refractivity (Wildman–Crippen MR) is 65.4 cm³/mol. The molecule has 2 atom stereocenters. The molecule has 0 aromatic heterocycles. The maximum Gasteiger partial charge on any atom is 0.0889 e. The van der Waals surface area contributed by atoms with Crippen LogP contribution in [0.4, 0.5) is 0 Å². The van der Waals surface area contributed by atoms with E-state index < -0.39 is 0 Å². The molecule has 1 aliphatic rings. The zero-order valence-corrected chi connectivity index (χ0v) is 11.4. The Morgan fingerprint density at radius 3 is 2.50 bits per heavy atom. The van der Waals surface area contributed by atoms with Gasteiger partial charge in [-0.05, 0) is 32.1 Å². The van der Waals surface area contributed by atoms with E-state index in [0.717, 1.165) is 17.7 Å². The Balaban J connectivity index is 2.45. The van der Waals surface area contributed by atoms with Crippen LogP contribution in [0.3, 0.4) is 0 Å². The van der Waals surface area contributed by atoms with Crippen molar-refractivity contribution in [2.24, 2.45) is 5.92 Å². The van der Waals surface area contributed by atoms with Crippen molar-refractivity contribution in [1.29, 1.82) is 0 Å². The second-order valence-electron chi connectivity index (χ2n) is 4.47. The fourth-order valence-electron chi connectivity index (χ4n) is 1.79. The van der Waals surface area contributed by atoms with Crippen LogP contribution < -0.4 is 0 Å². The van der Waals surface area contributed by atoms with Crippen LogP contribution >= 0.6 is 27.5 Å². The van der Waals surface area contributed by atoms with Crippen molar-refractivity contribution in [3.8, 4) is 0 Å². The number of halogens is 2. The fraction of sp³-hybridized carbons (Fsp3) is 1.00. The predicted octanol–water partition coefficient (Wildman–Crippen LogP) is 3.97. The molecule has 1 rings (SSSR count). The first-order chi connectivity index (χ1) is 6.65. The van der Waals surface area contributed by atoms with Crippen LogP contribution in [0.25, 0.3) is 0 Å². The summed E-state index contributed by atoms with van der Waals surface area (Å²) in [6.07, 6.45) is 5.55. The normalized spacial score (nSPS) is 24.0. The Bertz CT molecular complexity index is 167. The molecule has 0 amide bonds. The Labute approximate surface area is 101 Å². The van der Waals surface area contributed by atoms with Gasteiger partial charge in [-0.1, -0.05) is 29.3 Å². The van der Waals surface area contributed by atoms with Crippen molar-refractivity contribution in [2.45, 2.75) is 51.2 Å². The van der Waals surface area contributed by atoms with Gasteiger partial charge in [0, 0.05) is 5.33 Å². The number of ether oxygens (including phenoxy) is 1. The van der Waals surface area contributed by atoms with E-state index in [1.54, 1.807) is 0 Å². The van der Waals surface area contributed by atoms with Gasteiger partial charge < -0.3 is 4.74 Å². The van der Waals surface area contributed by atoms with Crippen LogP contribution in [0.15, 0.2) is 0 Å². The average molecular weight is 284 g/mol. The summed E-state index contributed by atoms with van der Waals surface area (Å²) in [5.74, 6) is 1.34. The third-order valence-electron chi connectivity index (χ3n) is 3.08. The van der Waals surface area contributed by atoms with Crippen LogP contribution in [0.5, 0.6) is 0 Å². The van der Waals surface area contributed by atoms with Gasteiger partial charge >= 0.3 is 0 Å². The zero-order valence-electron chi connectivity index (χ0n) is 9.06. The first-order valence-corrected chi connectivity index (χ1v) is 7.10. The molecule has 14 heavy (non-hydrogen) atoms. The molecule has 0 bridgehead atoms. The highest BCUT2D eigenvalue weighted by Crippen LogP contribution is 2.35. The molecule has 0 aliphatic heterocycles. The van der Waals surface area contributed by atoms with Crippen molar-refractivity contribution in [2.75, 3.05) is 11.2 Å². The molecule has 0 radical (unpaired) electrons. The van der Waals surface area contributed by atoms with E-state index in [1.807, 2.05) is 0 Å². The summed E-state index contributed by atoms with van der Waals surface area (Å²) in [4.78, 5) is 0. The lowest BCUT2D eigenvalue weighted by molar-refractivity contribution is -0.0954. The molecule has 3 heteroatoms. The molecule has 0 aromatic rings. The van der Waals surface area contributed by atoms with E-state index in [4.69, 9.17) is 16.3 Å². The quantitative estimate of drug-likeness (QED) is 0.670. The summed E-state index contributed by atoms with van der Waals surface area (Å²) in [7, 11) is 0. The van der Waals surface area contributed by atoms with Crippen LogP contribution in [-0.4, -0.2) is 22.9 Å². The summed E-state index contributed by atoms with van der Waals surface area (Å²) in [6.45, 7) is 4.28. The molecule has 1 fully saturated rings. The molecule has 1 nitrogen and oxygen atoms in total. The van der Waals surface area contributed by atoms with E-state index in [1.165, 1.54) is 19.3 Å². The molecular formula is C11H20BrClO. The first-order valence-electron chi connectivity index (χ1n) is 5.45. The molecule has 84 valence electrons. The SMILES string of the molecule is CCC(OC(C)(CCl)CBr)C1CCC1. The maximum atomic E-state index is 6.11. The van der Waals surface area contributed by atoms with Crippen molar-refractivity contribution in [1.82, 2.24) is 0 Å². The lowest BCUT2D eigenvalue weighted by Gasteiger charge is -2.38. The zero-order chi connectivity index (χ0) is 10.6. The third kappa shape index (κ3) is 3.11. The number of hydrogen-bond acceptors (Lipinski definition) is 1. The van der Waals surface area contributed by atoms with E-state index in [9.17, 15) is 0 Å². The Morgan fingerprint density at radius 2 is 2.21 bits per heavy atom. The third-order valence-corrected chi connectivity index (χ3v) is 4.83. The topological polar surface area (TPSA) is 9.23 Å². The van der Waals surface area contributed by atoms with Gasteiger partial charge in [-0.25, -0.2) is 0 Å². The van der Waals surface area contributed by atoms with Crippen molar-refractivity contribution in [3.63, 3.8) is 0 Å². The van der Waals surface area contributed by atoms with Gasteiger partial charge in [0.2, 0.25) is 0 Å². The Hall–Kier alpha value is 0.730. The van der Waals surface area contributed by atoms with Gasteiger partial charge in [-0.15, -0.1) is 11.6 Å². The highest BCUT2D eigenvalue weighted by atomic mass is 79.9. The molecule has 0 saturated heterocycles. The minimum absolute atomic E-state index is 0.197. The second-order valence-corrected chi connectivity index (χ2v) is 5.30. The maximum absolute atomic E-state index is 6.11. The molecule has 0 spiro atoms. The van der Waals surface area contributed by atoms with Gasteiger partial charge in [0.25, 0.3) is 0 Å². The first kappa shape index (κ1) is 12.8. The standard InChI is InChI=1S/C11H20BrClO/c1-3-10(9-5-4-6-9)14-11(2,7-12)8-13/h9-10H,3-8H2,1-2H3. The van der Waals surface area contributed by atoms with Crippen LogP contribution in [0.2, 0.25) is 0 Å². The van der Waals surface area contributed by atoms with Crippen molar-refractivity contribution >= 4 is 27.5 Å². The minimum atomic E-state index is -0.197. The largest absolute Gasteiger partial charge is 0.370 e. The molecule has 0 heterocycles. The lowest BCUT2D eigenvalue weighted by Crippen LogP contribution is -2.41. The van der Waals surface area contributed by atoms with Crippen LogP contribution in [0, 0.1) is 5.92 Å². The molecule has 1 aliphatic carbocycles. The summed E-state index contributed by atoms with van der Waals surface area (Å²) in [6, 6.07) is 0. The van der Waals surface area contributed by atoms with Crippen molar-refractivity contribution in [3.05, 3.63) is 0 Å². The van der Waals surface area contributed by atoms with Crippen LogP contribution in [-0.2, 0) is 4.74 Å². The smallest absolute Gasteiger partial charge is 0.0889 e. The Kier molecular flexibility index (Phi) is 5.22. The molecular weight excluding hydrogens is 263 g/mol. The summed E-state index contributed by atoms with van der Waals surface area (Å²) in [5.41, 5.74) is -0.197. The van der Waals surface area contributed by atoms with E-state index in [-0.39, 0.29) is 5.60 Å². The summed E-state index contributed by atoms with van der Waals surface area (Å²) >= 11 is 9.39. The second kappa shape index (κ2) is 5.72. The fourth-order valence-corrected chi connectivity index (χ4v) is 2.50. The van der Waals surface area contributed by atoms with Crippen molar-refractivity contribution < 1.29 is 4.74 Å². The van der Waals surface area contributed by atoms with Gasteiger partial charge in [0.15, 0.2) is 0 Å². The molecule has 0 N–H and O–H groups in total. The van der Waals surface area contributed by atoms with E-state index in [0.29, 0.717) is 12.0 Å². The van der Waals surface area contributed by atoms with E-state index in [2.05, 4.69) is 29.8 Å². The van der Waals surface area contributed by atoms with Gasteiger partial charge in [0.1, 0.15) is 0 Å². The number of alkyl halides is 2. The van der Waals surface area contributed by atoms with E-state index >= 15 is 0 Å². The highest BCUT2D eigenvalue weighted by Gasteiger charge is 2.33. The minimum Gasteiger partial charge on any atom is -0.370 e. The van der Waals surface area contributed by atoms with Gasteiger partial charge in [0.05, 0.1) is 17.6 Å². The van der Waals surface area contributed by atoms with Crippen LogP contribution in [0.1, 0.15) is 39.5 Å². The molecule has 1 saturated carbocycles. The average Bonchev–Trinajstić information content (AvgIpc) is 2.14. The summed E-state index contributed by atoms with van der Waals surface area (Å²) < 4.78 is 6.11. The monoisotopic (exact) mass is 282 g/mol. The van der Waals surface area contributed by atoms with Gasteiger partial charge in [-0.3, -0.25) is 0 Å². The molecule has 2 unspecified atom stereocenters.